The maximum absolute atomic E-state index is 13.5. The van der Waals surface area contributed by atoms with E-state index in [1.54, 1.807) is 13.2 Å². The van der Waals surface area contributed by atoms with Crippen LogP contribution in [0.5, 0.6) is 0 Å². The molecule has 2 rings (SSSR count). The predicted octanol–water partition coefficient (Wildman–Crippen LogP) is 2.83. The minimum atomic E-state index is -0.778. The molecule has 0 bridgehead atoms. The van der Waals surface area contributed by atoms with E-state index in [-0.39, 0.29) is 18.4 Å². The first-order valence-corrected chi connectivity index (χ1v) is 9.95. The van der Waals surface area contributed by atoms with E-state index in [0.29, 0.717) is 39.2 Å². The highest BCUT2D eigenvalue weighted by Gasteiger charge is 2.16. The molecule has 0 saturated heterocycles. The summed E-state index contributed by atoms with van der Waals surface area (Å²) in [5, 5.41) is 10.3. The third-order valence-corrected chi connectivity index (χ3v) is 4.52. The van der Waals surface area contributed by atoms with Crippen LogP contribution >= 0.6 is 0 Å². The number of esters is 1. The molecule has 0 fully saturated rings. The molecule has 0 aliphatic rings. The van der Waals surface area contributed by atoms with Gasteiger partial charge in [-0.2, -0.15) is 0 Å². The fourth-order valence-electron chi connectivity index (χ4n) is 3.08. The Morgan fingerprint density at radius 2 is 2.14 bits per heavy atom. The van der Waals surface area contributed by atoms with Gasteiger partial charge >= 0.3 is 5.97 Å². The van der Waals surface area contributed by atoms with Gasteiger partial charge in [-0.1, -0.05) is 19.1 Å². The van der Waals surface area contributed by atoms with Crippen molar-refractivity contribution in [1.29, 1.82) is 0 Å². The fourth-order valence-corrected chi connectivity index (χ4v) is 3.08. The van der Waals surface area contributed by atoms with Gasteiger partial charge < -0.3 is 19.1 Å². The van der Waals surface area contributed by atoms with E-state index in [2.05, 4.69) is 9.47 Å². The molecular weight excluding hydrogens is 375 g/mol. The van der Waals surface area contributed by atoms with Gasteiger partial charge in [0.1, 0.15) is 18.5 Å². The van der Waals surface area contributed by atoms with Crippen LogP contribution in [0.15, 0.2) is 42.6 Å². The Morgan fingerprint density at radius 1 is 1.31 bits per heavy atom. The minimum absolute atomic E-state index is 0.0212. The van der Waals surface area contributed by atoms with Crippen LogP contribution in [0.1, 0.15) is 31.0 Å². The third-order valence-electron chi connectivity index (χ3n) is 4.52. The summed E-state index contributed by atoms with van der Waals surface area (Å²) < 4.78 is 25.8. The number of aliphatic hydroxyl groups excluding tert-OH is 1. The lowest BCUT2D eigenvalue weighted by molar-refractivity contribution is -0.147. The van der Waals surface area contributed by atoms with Gasteiger partial charge in [0.2, 0.25) is 0 Å². The lowest BCUT2D eigenvalue weighted by atomic mass is 10.2. The molecule has 7 heteroatoms. The summed E-state index contributed by atoms with van der Waals surface area (Å²) in [4.78, 5) is 13.6. The summed E-state index contributed by atoms with van der Waals surface area (Å²) in [5.74, 6) is -0.544. The molecule has 29 heavy (non-hydrogen) atoms. The van der Waals surface area contributed by atoms with Crippen LogP contribution in [-0.2, 0) is 27.4 Å². The van der Waals surface area contributed by atoms with Gasteiger partial charge in [0.05, 0.1) is 6.61 Å². The smallest absolute Gasteiger partial charge is 0.305 e. The van der Waals surface area contributed by atoms with E-state index in [4.69, 9.17) is 9.47 Å². The van der Waals surface area contributed by atoms with E-state index in [1.807, 2.05) is 31.3 Å². The van der Waals surface area contributed by atoms with Crippen molar-refractivity contribution in [2.45, 2.75) is 39.0 Å². The van der Waals surface area contributed by atoms with E-state index in [1.165, 1.54) is 12.1 Å². The average molecular weight is 406 g/mol. The van der Waals surface area contributed by atoms with Crippen molar-refractivity contribution in [3.05, 3.63) is 59.7 Å². The maximum atomic E-state index is 13.5. The number of carbonyl (C=O) groups excluding carboxylic acids is 1. The maximum Gasteiger partial charge on any atom is 0.305 e. The molecule has 1 aromatic heterocycles. The molecule has 0 aliphatic carbocycles. The van der Waals surface area contributed by atoms with Crippen LogP contribution < -0.4 is 0 Å². The van der Waals surface area contributed by atoms with Crippen molar-refractivity contribution in [2.75, 3.05) is 33.4 Å². The van der Waals surface area contributed by atoms with Crippen molar-refractivity contribution in [1.82, 2.24) is 9.47 Å². The standard InChI is InChI=1S/C22H31FN2O4/c1-3-6-22(27)29-17-21(26)16-24(11-12-28-2)15-20-9-5-10-25(20)14-18-7-4-8-19(23)13-18/h4-5,7-10,13,21,26H,3,6,11-12,14-17H2,1-2H3/t21-/m1/s1. The second-order valence-electron chi connectivity index (χ2n) is 7.07. The molecule has 0 radical (unpaired) electrons. The Morgan fingerprint density at radius 3 is 2.86 bits per heavy atom. The van der Waals surface area contributed by atoms with E-state index >= 15 is 0 Å². The number of rotatable bonds is 13. The van der Waals surface area contributed by atoms with Gasteiger partial charge in [0.25, 0.3) is 0 Å². The largest absolute Gasteiger partial charge is 0.463 e. The van der Waals surface area contributed by atoms with Crippen LogP contribution in [0.3, 0.4) is 0 Å². The number of methoxy groups -OCH3 is 1. The molecule has 1 atom stereocenters. The van der Waals surface area contributed by atoms with Crippen LogP contribution in [0, 0.1) is 5.82 Å². The van der Waals surface area contributed by atoms with Gasteiger partial charge in [-0.3, -0.25) is 9.69 Å². The number of aliphatic hydroxyl groups is 1. The molecule has 6 nitrogen and oxygen atoms in total. The first-order valence-electron chi connectivity index (χ1n) is 9.95. The Balaban J connectivity index is 1.97. The number of carbonyl (C=O) groups is 1. The number of aromatic nitrogens is 1. The zero-order chi connectivity index (χ0) is 21.1. The quantitative estimate of drug-likeness (QED) is 0.518. The summed E-state index contributed by atoms with van der Waals surface area (Å²) in [5.41, 5.74) is 1.93. The summed E-state index contributed by atoms with van der Waals surface area (Å²) in [6, 6.07) is 10.5. The zero-order valence-corrected chi connectivity index (χ0v) is 17.2. The molecule has 0 unspecified atom stereocenters. The number of hydrogen-bond donors (Lipinski definition) is 1. The fraction of sp³-hybridized carbons (Fsp3) is 0.500. The Hall–Kier alpha value is -2.22. The number of benzene rings is 1. The molecule has 0 amide bonds. The van der Waals surface area contributed by atoms with Crippen LogP contribution in [-0.4, -0.2) is 60.1 Å². The highest BCUT2D eigenvalue weighted by Crippen LogP contribution is 2.12. The number of hydrogen-bond acceptors (Lipinski definition) is 5. The van der Waals surface area contributed by atoms with Crippen LogP contribution in [0.4, 0.5) is 4.39 Å². The van der Waals surface area contributed by atoms with Gasteiger partial charge in [-0.15, -0.1) is 0 Å². The molecule has 0 aliphatic heterocycles. The van der Waals surface area contributed by atoms with Crippen molar-refractivity contribution in [3.8, 4) is 0 Å². The van der Waals surface area contributed by atoms with Gasteiger partial charge in [0, 0.05) is 51.6 Å². The lowest BCUT2D eigenvalue weighted by Gasteiger charge is -2.25. The lowest BCUT2D eigenvalue weighted by Crippen LogP contribution is -2.37. The second-order valence-corrected chi connectivity index (χ2v) is 7.07. The monoisotopic (exact) mass is 406 g/mol. The highest BCUT2D eigenvalue weighted by atomic mass is 19.1. The van der Waals surface area contributed by atoms with Crippen molar-refractivity contribution in [2.24, 2.45) is 0 Å². The van der Waals surface area contributed by atoms with Crippen LogP contribution in [0.25, 0.3) is 0 Å². The normalized spacial score (nSPS) is 12.3. The van der Waals surface area contributed by atoms with Crippen molar-refractivity contribution < 1.29 is 23.8 Å². The topological polar surface area (TPSA) is 63.9 Å². The highest BCUT2D eigenvalue weighted by molar-refractivity contribution is 5.69. The van der Waals surface area contributed by atoms with E-state index in [0.717, 1.165) is 17.7 Å². The summed E-state index contributed by atoms with van der Waals surface area (Å²) in [6.45, 7) is 4.54. The third kappa shape index (κ3) is 8.35. The van der Waals surface area contributed by atoms with Gasteiger partial charge in [0.15, 0.2) is 0 Å². The minimum Gasteiger partial charge on any atom is -0.463 e. The molecule has 1 heterocycles. The Labute approximate surface area is 171 Å². The van der Waals surface area contributed by atoms with E-state index < -0.39 is 6.10 Å². The number of halogens is 1. The molecule has 160 valence electrons. The molecule has 0 saturated carbocycles. The second kappa shape index (κ2) is 12.4. The summed E-state index contributed by atoms with van der Waals surface area (Å²) in [7, 11) is 1.63. The molecule has 1 N–H and O–H groups in total. The molecule has 1 aromatic carbocycles. The Kier molecular flexibility index (Phi) is 9.83. The van der Waals surface area contributed by atoms with Crippen molar-refractivity contribution in [3.63, 3.8) is 0 Å². The van der Waals surface area contributed by atoms with Gasteiger partial charge in [-0.05, 0) is 36.2 Å². The first kappa shape index (κ1) is 23.1. The first-order chi connectivity index (χ1) is 14.0. The number of ether oxygens (including phenoxy) is 2. The zero-order valence-electron chi connectivity index (χ0n) is 17.2. The SMILES string of the molecule is CCCC(=O)OC[C@H](O)CN(CCOC)Cc1cccn1Cc1cccc(F)c1. The van der Waals surface area contributed by atoms with Gasteiger partial charge in [-0.25, -0.2) is 4.39 Å². The average Bonchev–Trinajstić information content (AvgIpc) is 3.11. The molecular formula is C22H31FN2O4. The predicted molar refractivity (Wildman–Crippen MR) is 109 cm³/mol. The summed E-state index contributed by atoms with van der Waals surface area (Å²) in [6.07, 6.45) is 2.25. The molecule has 0 spiro atoms. The van der Waals surface area contributed by atoms with E-state index in [9.17, 15) is 14.3 Å². The Bertz CT molecular complexity index is 750. The molecule has 2 aromatic rings. The number of nitrogens with zero attached hydrogens (tertiary/aromatic N) is 2. The van der Waals surface area contributed by atoms with Crippen LogP contribution in [0.2, 0.25) is 0 Å². The van der Waals surface area contributed by atoms with Crippen molar-refractivity contribution >= 4 is 5.97 Å². The summed E-state index contributed by atoms with van der Waals surface area (Å²) >= 11 is 0.